The van der Waals surface area contributed by atoms with Crippen molar-refractivity contribution in [3.8, 4) is 0 Å². The van der Waals surface area contributed by atoms with E-state index in [-0.39, 0.29) is 6.04 Å². The third-order valence-electron chi connectivity index (χ3n) is 3.85. The summed E-state index contributed by atoms with van der Waals surface area (Å²) in [4.78, 5) is 7.00. The molecule has 0 unspecified atom stereocenters. The van der Waals surface area contributed by atoms with Crippen molar-refractivity contribution in [1.29, 1.82) is 0 Å². The van der Waals surface area contributed by atoms with Crippen LogP contribution in [0, 0.1) is 0 Å². The summed E-state index contributed by atoms with van der Waals surface area (Å²) in [5, 5.41) is 4.09. The maximum Gasteiger partial charge on any atom is 0.244 e. The van der Waals surface area contributed by atoms with E-state index in [1.807, 2.05) is 0 Å². The van der Waals surface area contributed by atoms with Gasteiger partial charge in [-0.25, -0.2) is 0 Å². The standard InChI is InChI=1S/C16H21N3O/c1-12(2)15-17-16(20-18-15)14-9-6-10-19(14)11-13-7-4-3-5-8-13/h3-5,7-8,12,14H,6,9-11H2,1-2H3/t14-/m0/s1. The molecule has 0 radical (unpaired) electrons. The first-order valence-electron chi connectivity index (χ1n) is 7.35. The minimum absolute atomic E-state index is 0.273. The predicted molar refractivity (Wildman–Crippen MR) is 77.2 cm³/mol. The number of nitrogens with zero attached hydrogens (tertiary/aromatic N) is 3. The van der Waals surface area contributed by atoms with Crippen molar-refractivity contribution in [2.24, 2.45) is 0 Å². The molecule has 4 nitrogen and oxygen atoms in total. The number of aromatic nitrogens is 2. The summed E-state index contributed by atoms with van der Waals surface area (Å²) in [5.41, 5.74) is 1.34. The fourth-order valence-electron chi connectivity index (χ4n) is 2.73. The largest absolute Gasteiger partial charge is 0.338 e. The summed E-state index contributed by atoms with van der Waals surface area (Å²) in [5.74, 6) is 1.91. The number of rotatable bonds is 4. The number of benzene rings is 1. The zero-order valence-electron chi connectivity index (χ0n) is 12.1. The van der Waals surface area contributed by atoms with E-state index in [1.54, 1.807) is 0 Å². The summed E-state index contributed by atoms with van der Waals surface area (Å²) < 4.78 is 5.48. The molecule has 0 saturated carbocycles. The van der Waals surface area contributed by atoms with Crippen LogP contribution in [0.15, 0.2) is 34.9 Å². The lowest BCUT2D eigenvalue weighted by Crippen LogP contribution is -2.23. The SMILES string of the molecule is CC(C)c1noc([C@@H]2CCCN2Cc2ccccc2)n1. The minimum Gasteiger partial charge on any atom is -0.338 e. The number of likely N-dealkylation sites (tertiary alicyclic amines) is 1. The average Bonchev–Trinajstić information content (AvgIpc) is 3.08. The number of hydrogen-bond donors (Lipinski definition) is 0. The maximum absolute atomic E-state index is 5.48. The summed E-state index contributed by atoms with van der Waals surface area (Å²) >= 11 is 0. The Labute approximate surface area is 119 Å². The highest BCUT2D eigenvalue weighted by Gasteiger charge is 2.30. The molecule has 1 saturated heterocycles. The van der Waals surface area contributed by atoms with Gasteiger partial charge in [0.1, 0.15) is 0 Å². The molecule has 1 aromatic heterocycles. The van der Waals surface area contributed by atoms with Crippen LogP contribution in [-0.2, 0) is 6.54 Å². The molecule has 106 valence electrons. The van der Waals surface area contributed by atoms with Gasteiger partial charge in [-0.15, -0.1) is 0 Å². The van der Waals surface area contributed by atoms with Crippen molar-refractivity contribution in [3.63, 3.8) is 0 Å². The third-order valence-corrected chi connectivity index (χ3v) is 3.85. The molecule has 0 aliphatic carbocycles. The first-order chi connectivity index (χ1) is 9.74. The van der Waals surface area contributed by atoms with Crippen LogP contribution in [0.2, 0.25) is 0 Å². The normalized spacial score (nSPS) is 19.9. The first kappa shape index (κ1) is 13.3. The van der Waals surface area contributed by atoms with Crippen molar-refractivity contribution in [3.05, 3.63) is 47.6 Å². The molecule has 0 N–H and O–H groups in total. The highest BCUT2D eigenvalue weighted by atomic mass is 16.5. The van der Waals surface area contributed by atoms with Gasteiger partial charge >= 0.3 is 0 Å². The Hall–Kier alpha value is -1.68. The summed E-state index contributed by atoms with van der Waals surface area (Å²) in [6.45, 7) is 6.22. The van der Waals surface area contributed by atoms with Crippen molar-refractivity contribution >= 4 is 0 Å². The van der Waals surface area contributed by atoms with Gasteiger partial charge in [0.25, 0.3) is 0 Å². The molecule has 1 atom stereocenters. The van der Waals surface area contributed by atoms with Gasteiger partial charge in [-0.2, -0.15) is 4.98 Å². The lowest BCUT2D eigenvalue weighted by atomic mass is 10.1. The van der Waals surface area contributed by atoms with E-state index >= 15 is 0 Å². The molecular formula is C16H21N3O. The number of hydrogen-bond acceptors (Lipinski definition) is 4. The Morgan fingerprint density at radius 1 is 1.30 bits per heavy atom. The second-order valence-corrected chi connectivity index (χ2v) is 5.76. The van der Waals surface area contributed by atoms with Crippen LogP contribution >= 0.6 is 0 Å². The van der Waals surface area contributed by atoms with Gasteiger partial charge in [-0.1, -0.05) is 49.3 Å². The van der Waals surface area contributed by atoms with Crippen LogP contribution in [-0.4, -0.2) is 21.6 Å². The van der Waals surface area contributed by atoms with Gasteiger partial charge in [0.05, 0.1) is 6.04 Å². The Bertz CT molecular complexity index is 550. The molecule has 3 rings (SSSR count). The molecule has 1 aliphatic rings. The van der Waals surface area contributed by atoms with Crippen LogP contribution in [0.5, 0.6) is 0 Å². The van der Waals surface area contributed by atoms with Crippen LogP contribution in [0.3, 0.4) is 0 Å². The maximum atomic E-state index is 5.48. The third kappa shape index (κ3) is 2.75. The second-order valence-electron chi connectivity index (χ2n) is 5.76. The predicted octanol–water partition coefficient (Wildman–Crippen LogP) is 3.53. The van der Waals surface area contributed by atoms with Crippen molar-refractivity contribution in [2.75, 3.05) is 6.54 Å². The van der Waals surface area contributed by atoms with Gasteiger partial charge in [0.2, 0.25) is 5.89 Å². The van der Waals surface area contributed by atoms with E-state index in [2.05, 4.69) is 59.2 Å². The van der Waals surface area contributed by atoms with E-state index in [0.29, 0.717) is 5.92 Å². The van der Waals surface area contributed by atoms with Gasteiger partial charge in [-0.05, 0) is 24.9 Å². The monoisotopic (exact) mass is 271 g/mol. The minimum atomic E-state index is 0.273. The van der Waals surface area contributed by atoms with Crippen molar-refractivity contribution in [2.45, 2.75) is 45.2 Å². The zero-order valence-corrected chi connectivity index (χ0v) is 12.1. The molecule has 1 fully saturated rings. The summed E-state index contributed by atoms with van der Waals surface area (Å²) in [6, 6.07) is 10.8. The Kier molecular flexibility index (Phi) is 3.83. The average molecular weight is 271 g/mol. The molecule has 0 bridgehead atoms. The molecule has 20 heavy (non-hydrogen) atoms. The fraction of sp³-hybridized carbons (Fsp3) is 0.500. The second kappa shape index (κ2) is 5.75. The van der Waals surface area contributed by atoms with Crippen LogP contribution in [0.1, 0.15) is 55.9 Å². The van der Waals surface area contributed by atoms with E-state index in [9.17, 15) is 0 Å². The smallest absolute Gasteiger partial charge is 0.244 e. The summed E-state index contributed by atoms with van der Waals surface area (Å²) in [7, 11) is 0. The lowest BCUT2D eigenvalue weighted by molar-refractivity contribution is 0.201. The van der Waals surface area contributed by atoms with E-state index < -0.39 is 0 Å². The Morgan fingerprint density at radius 2 is 2.10 bits per heavy atom. The Morgan fingerprint density at radius 3 is 2.80 bits per heavy atom. The quantitative estimate of drug-likeness (QED) is 0.853. The fourth-order valence-corrected chi connectivity index (χ4v) is 2.73. The highest BCUT2D eigenvalue weighted by Crippen LogP contribution is 2.32. The van der Waals surface area contributed by atoms with Crippen molar-refractivity contribution < 1.29 is 4.52 Å². The van der Waals surface area contributed by atoms with Crippen LogP contribution < -0.4 is 0 Å². The van der Waals surface area contributed by atoms with Gasteiger partial charge in [0.15, 0.2) is 5.82 Å². The van der Waals surface area contributed by atoms with Crippen molar-refractivity contribution in [1.82, 2.24) is 15.0 Å². The van der Waals surface area contributed by atoms with E-state index in [4.69, 9.17) is 4.52 Å². The highest BCUT2D eigenvalue weighted by molar-refractivity contribution is 5.15. The molecule has 2 heterocycles. The molecule has 2 aromatic rings. The first-order valence-corrected chi connectivity index (χ1v) is 7.35. The molecule has 1 aliphatic heterocycles. The summed E-state index contributed by atoms with van der Waals surface area (Å²) in [6.07, 6.45) is 2.30. The Balaban J connectivity index is 1.74. The lowest BCUT2D eigenvalue weighted by Gasteiger charge is -2.21. The van der Waals surface area contributed by atoms with Crippen LogP contribution in [0.4, 0.5) is 0 Å². The topological polar surface area (TPSA) is 42.2 Å². The molecule has 0 amide bonds. The molecular weight excluding hydrogens is 250 g/mol. The van der Waals surface area contributed by atoms with Gasteiger partial charge < -0.3 is 4.52 Å². The van der Waals surface area contributed by atoms with Gasteiger partial charge in [0, 0.05) is 12.5 Å². The van der Waals surface area contributed by atoms with E-state index in [0.717, 1.165) is 31.2 Å². The molecule has 4 heteroatoms. The molecule has 1 aromatic carbocycles. The molecule has 0 spiro atoms. The van der Waals surface area contributed by atoms with Crippen LogP contribution in [0.25, 0.3) is 0 Å². The van der Waals surface area contributed by atoms with E-state index in [1.165, 1.54) is 12.0 Å². The zero-order chi connectivity index (χ0) is 13.9. The van der Waals surface area contributed by atoms with Gasteiger partial charge in [-0.3, -0.25) is 4.90 Å².